The van der Waals surface area contributed by atoms with Crippen LogP contribution in [0.1, 0.15) is 41.4 Å². The molecule has 2 heterocycles. The molecular formula is C24H21NO4S2. The van der Waals surface area contributed by atoms with E-state index in [9.17, 15) is 9.59 Å². The zero-order valence-corrected chi connectivity index (χ0v) is 18.8. The van der Waals surface area contributed by atoms with Crippen molar-refractivity contribution >= 4 is 57.2 Å². The summed E-state index contributed by atoms with van der Waals surface area (Å²) >= 11 is 6.65. The molecule has 0 bridgehead atoms. The van der Waals surface area contributed by atoms with Crippen LogP contribution in [0.15, 0.2) is 57.9 Å². The first-order valence-corrected chi connectivity index (χ1v) is 11.3. The van der Waals surface area contributed by atoms with Crippen molar-refractivity contribution in [2.75, 3.05) is 6.54 Å². The van der Waals surface area contributed by atoms with Crippen molar-refractivity contribution in [3.8, 4) is 5.75 Å². The van der Waals surface area contributed by atoms with E-state index >= 15 is 0 Å². The molecule has 1 aromatic heterocycles. The van der Waals surface area contributed by atoms with Crippen molar-refractivity contribution in [3.05, 3.63) is 70.3 Å². The molecule has 0 aliphatic carbocycles. The van der Waals surface area contributed by atoms with Gasteiger partial charge in [-0.05, 0) is 43.2 Å². The zero-order chi connectivity index (χ0) is 22.0. The highest BCUT2D eigenvalue weighted by Gasteiger charge is 2.31. The molecule has 0 spiro atoms. The van der Waals surface area contributed by atoms with Crippen LogP contribution in [0, 0.1) is 6.92 Å². The maximum absolute atomic E-state index is 12.6. The minimum atomic E-state index is -0.543. The van der Waals surface area contributed by atoms with Crippen LogP contribution in [0.2, 0.25) is 0 Å². The number of hydrogen-bond acceptors (Lipinski definition) is 6. The summed E-state index contributed by atoms with van der Waals surface area (Å²) in [7, 11) is 0. The third-order valence-electron chi connectivity index (χ3n) is 5.03. The average Bonchev–Trinajstić information content (AvgIpc) is 3.24. The predicted octanol–water partition coefficient (Wildman–Crippen LogP) is 5.96. The summed E-state index contributed by atoms with van der Waals surface area (Å²) in [4.78, 5) is 27.4. The van der Waals surface area contributed by atoms with E-state index in [2.05, 4.69) is 6.92 Å². The van der Waals surface area contributed by atoms with Crippen LogP contribution < -0.4 is 4.74 Å². The van der Waals surface area contributed by atoms with Crippen LogP contribution in [-0.2, 0) is 4.79 Å². The molecule has 1 amide bonds. The van der Waals surface area contributed by atoms with Gasteiger partial charge < -0.3 is 9.15 Å². The van der Waals surface area contributed by atoms with Gasteiger partial charge in [0, 0.05) is 17.5 Å². The van der Waals surface area contributed by atoms with Gasteiger partial charge in [0.1, 0.15) is 15.7 Å². The van der Waals surface area contributed by atoms with Gasteiger partial charge >= 0.3 is 5.97 Å². The number of aryl methyl sites for hydroxylation is 1. The van der Waals surface area contributed by atoms with Crippen molar-refractivity contribution in [2.45, 2.75) is 26.7 Å². The molecule has 31 heavy (non-hydrogen) atoms. The number of hydrogen-bond donors (Lipinski definition) is 0. The van der Waals surface area contributed by atoms with Crippen LogP contribution in [0.25, 0.3) is 17.0 Å². The summed E-state index contributed by atoms with van der Waals surface area (Å²) in [6, 6.07) is 14.5. The summed E-state index contributed by atoms with van der Waals surface area (Å²) in [5.74, 6) is -0.00362. The summed E-state index contributed by atoms with van der Waals surface area (Å²) in [6.45, 7) is 4.56. The fourth-order valence-corrected chi connectivity index (χ4v) is 4.62. The molecule has 4 rings (SSSR count). The first-order valence-electron chi connectivity index (χ1n) is 10.0. The number of fused-ring (bicyclic) bond motifs is 1. The lowest BCUT2D eigenvalue weighted by Crippen LogP contribution is -2.28. The quantitative estimate of drug-likeness (QED) is 0.199. The third-order valence-corrected chi connectivity index (χ3v) is 6.40. The molecule has 1 aliphatic heterocycles. The molecule has 3 aromatic rings. The molecule has 1 aliphatic rings. The van der Waals surface area contributed by atoms with Crippen LogP contribution in [0.3, 0.4) is 0 Å². The Balaban J connectivity index is 1.46. The molecule has 0 radical (unpaired) electrons. The Morgan fingerprint density at radius 2 is 1.94 bits per heavy atom. The number of esters is 1. The number of furan rings is 1. The number of thioether (sulfide) groups is 1. The lowest BCUT2D eigenvalue weighted by Gasteiger charge is -2.12. The number of ether oxygens (including phenoxy) is 1. The number of rotatable bonds is 6. The van der Waals surface area contributed by atoms with Crippen LogP contribution in [0.5, 0.6) is 5.75 Å². The van der Waals surface area contributed by atoms with Gasteiger partial charge in [-0.15, -0.1) is 0 Å². The van der Waals surface area contributed by atoms with E-state index in [1.54, 1.807) is 35.2 Å². The van der Waals surface area contributed by atoms with E-state index in [4.69, 9.17) is 21.4 Å². The zero-order valence-electron chi connectivity index (χ0n) is 17.2. The molecule has 0 atom stereocenters. The highest BCUT2D eigenvalue weighted by Crippen LogP contribution is 2.33. The molecule has 0 unspecified atom stereocenters. The molecule has 1 fully saturated rings. The number of carbonyl (C=O) groups is 2. The first-order chi connectivity index (χ1) is 15.0. The number of benzene rings is 2. The van der Waals surface area contributed by atoms with Gasteiger partial charge in [0.05, 0.1) is 4.91 Å². The van der Waals surface area contributed by atoms with E-state index in [1.165, 1.54) is 11.8 Å². The Morgan fingerprint density at radius 1 is 1.19 bits per heavy atom. The second kappa shape index (κ2) is 9.08. The van der Waals surface area contributed by atoms with E-state index in [0.29, 0.717) is 27.1 Å². The molecule has 5 nitrogen and oxygen atoms in total. The molecule has 158 valence electrons. The van der Waals surface area contributed by atoms with Crippen molar-refractivity contribution in [2.24, 2.45) is 0 Å². The molecule has 0 N–H and O–H groups in total. The average molecular weight is 452 g/mol. The van der Waals surface area contributed by atoms with E-state index in [-0.39, 0.29) is 11.7 Å². The molecular weight excluding hydrogens is 430 g/mol. The first kappa shape index (κ1) is 21.3. The summed E-state index contributed by atoms with van der Waals surface area (Å²) in [6.07, 6.45) is 3.73. The normalized spacial score (nSPS) is 15.3. The number of unbranched alkanes of at least 4 members (excludes halogenated alkanes) is 1. The topological polar surface area (TPSA) is 59.8 Å². The summed E-state index contributed by atoms with van der Waals surface area (Å²) in [5, 5.41) is 0.890. The lowest BCUT2D eigenvalue weighted by atomic mass is 10.1. The summed E-state index contributed by atoms with van der Waals surface area (Å²) < 4.78 is 11.7. The monoisotopic (exact) mass is 451 g/mol. The maximum atomic E-state index is 12.6. The van der Waals surface area contributed by atoms with Gasteiger partial charge in [0.25, 0.3) is 5.91 Å². The largest absolute Gasteiger partial charge is 0.449 e. The lowest BCUT2D eigenvalue weighted by molar-refractivity contribution is -0.122. The number of para-hydroxylation sites is 1. The minimum absolute atomic E-state index is 0.0562. The molecule has 1 saturated heterocycles. The standard InChI is InChI=1S/C24H21NO4S2/c1-3-4-13-25-22(26)20(31-24(25)30)14-16-9-11-17(12-10-16)28-23(27)21-15(2)18-7-5-6-8-19(18)29-21/h5-12,14H,3-4,13H2,1-2H3. The fraction of sp³-hybridized carbons (Fsp3) is 0.208. The number of amides is 1. The van der Waals surface area contributed by atoms with E-state index in [1.807, 2.05) is 31.2 Å². The van der Waals surface area contributed by atoms with Gasteiger partial charge in [-0.25, -0.2) is 4.79 Å². The van der Waals surface area contributed by atoms with E-state index < -0.39 is 5.97 Å². The minimum Gasteiger partial charge on any atom is -0.449 e. The van der Waals surface area contributed by atoms with Crippen molar-refractivity contribution in [3.63, 3.8) is 0 Å². The Hall–Kier alpha value is -2.90. The highest BCUT2D eigenvalue weighted by atomic mass is 32.2. The second-order valence-corrected chi connectivity index (χ2v) is 8.87. The number of carbonyl (C=O) groups excluding carboxylic acids is 2. The number of thiocarbonyl (C=S) groups is 1. The Bertz CT molecular complexity index is 1190. The van der Waals surface area contributed by atoms with Gasteiger partial charge in [0.2, 0.25) is 5.76 Å². The highest BCUT2D eigenvalue weighted by molar-refractivity contribution is 8.26. The van der Waals surface area contributed by atoms with Gasteiger partial charge in [0.15, 0.2) is 0 Å². The Labute approximate surface area is 190 Å². The Morgan fingerprint density at radius 3 is 2.65 bits per heavy atom. The third kappa shape index (κ3) is 4.43. The Kier molecular flexibility index (Phi) is 6.25. The van der Waals surface area contributed by atoms with Gasteiger partial charge in [-0.1, -0.05) is 67.7 Å². The smallest absolute Gasteiger partial charge is 0.379 e. The van der Waals surface area contributed by atoms with Crippen molar-refractivity contribution < 1.29 is 18.7 Å². The predicted molar refractivity (Wildman–Crippen MR) is 127 cm³/mol. The van der Waals surface area contributed by atoms with Crippen molar-refractivity contribution in [1.82, 2.24) is 4.90 Å². The molecule has 2 aromatic carbocycles. The van der Waals surface area contributed by atoms with Gasteiger partial charge in [-0.3, -0.25) is 9.69 Å². The SMILES string of the molecule is CCCCN1C(=O)C(=Cc2ccc(OC(=O)c3oc4ccccc4c3C)cc2)SC1=S. The molecule has 7 heteroatoms. The maximum Gasteiger partial charge on any atom is 0.379 e. The van der Waals surface area contributed by atoms with Crippen LogP contribution in [0.4, 0.5) is 0 Å². The fourth-order valence-electron chi connectivity index (χ4n) is 3.31. The van der Waals surface area contributed by atoms with Crippen molar-refractivity contribution in [1.29, 1.82) is 0 Å². The van der Waals surface area contributed by atoms with Gasteiger partial charge in [-0.2, -0.15) is 0 Å². The molecule has 0 saturated carbocycles. The van der Waals surface area contributed by atoms with E-state index in [0.717, 1.165) is 29.4 Å². The number of nitrogens with zero attached hydrogens (tertiary/aromatic N) is 1. The summed E-state index contributed by atoms with van der Waals surface area (Å²) in [5.41, 5.74) is 2.23. The second-order valence-electron chi connectivity index (χ2n) is 7.20. The van der Waals surface area contributed by atoms with Crippen LogP contribution in [-0.4, -0.2) is 27.6 Å². The van der Waals surface area contributed by atoms with Crippen LogP contribution >= 0.6 is 24.0 Å².